The summed E-state index contributed by atoms with van der Waals surface area (Å²) in [6, 6.07) is 2.72. The van der Waals surface area contributed by atoms with Crippen molar-refractivity contribution < 1.29 is 13.5 Å². The number of halogens is 1. The molecule has 0 saturated heterocycles. The minimum atomic E-state index is -3.50. The maximum absolute atomic E-state index is 11.8. The van der Waals surface area contributed by atoms with E-state index in [-0.39, 0.29) is 16.7 Å². The third-order valence-corrected chi connectivity index (χ3v) is 4.05. The second kappa shape index (κ2) is 7.68. The quantitative estimate of drug-likeness (QED) is 0.563. The van der Waals surface area contributed by atoms with Crippen molar-refractivity contribution >= 4 is 21.6 Å². The zero-order chi connectivity index (χ0) is 13.4. The molecule has 0 aliphatic rings. The Bertz CT molecular complexity index is 465. The summed E-state index contributed by atoms with van der Waals surface area (Å²) in [6.07, 6.45) is 4.66. The van der Waals surface area contributed by atoms with Gasteiger partial charge < -0.3 is 5.11 Å². The van der Waals surface area contributed by atoms with E-state index in [1.165, 1.54) is 18.3 Å². The van der Waals surface area contributed by atoms with Crippen LogP contribution in [0.1, 0.15) is 25.7 Å². The van der Waals surface area contributed by atoms with E-state index in [0.717, 1.165) is 25.7 Å². The lowest BCUT2D eigenvalue weighted by Crippen LogP contribution is -2.24. The molecule has 0 amide bonds. The fourth-order valence-electron chi connectivity index (χ4n) is 1.43. The lowest BCUT2D eigenvalue weighted by Gasteiger charge is -2.06. The highest BCUT2D eigenvalue weighted by atomic mass is 35.5. The van der Waals surface area contributed by atoms with Crippen molar-refractivity contribution in [3.63, 3.8) is 0 Å². The molecule has 1 aromatic heterocycles. The topological polar surface area (TPSA) is 79.3 Å². The molecule has 0 fully saturated rings. The highest BCUT2D eigenvalue weighted by Crippen LogP contribution is 2.12. The van der Waals surface area contributed by atoms with Crippen molar-refractivity contribution in [2.24, 2.45) is 0 Å². The number of nitrogens with zero attached hydrogens (tertiary/aromatic N) is 1. The van der Waals surface area contributed by atoms with Crippen LogP contribution in [0.4, 0.5) is 0 Å². The predicted molar refractivity (Wildman–Crippen MR) is 70.0 cm³/mol. The molecule has 0 unspecified atom stereocenters. The van der Waals surface area contributed by atoms with E-state index in [2.05, 4.69) is 9.71 Å². The van der Waals surface area contributed by atoms with E-state index < -0.39 is 10.0 Å². The molecule has 1 aromatic rings. The summed E-state index contributed by atoms with van der Waals surface area (Å²) >= 11 is 5.64. The van der Waals surface area contributed by atoms with E-state index in [9.17, 15) is 8.42 Å². The van der Waals surface area contributed by atoms with E-state index in [1.54, 1.807) is 0 Å². The second-order valence-electron chi connectivity index (χ2n) is 3.85. The maximum Gasteiger partial charge on any atom is 0.240 e. The van der Waals surface area contributed by atoms with Gasteiger partial charge in [-0.15, -0.1) is 0 Å². The number of aliphatic hydroxyl groups is 1. The number of sulfonamides is 1. The number of aromatic nitrogens is 1. The molecule has 0 bridgehead atoms. The second-order valence-corrected chi connectivity index (χ2v) is 6.00. The smallest absolute Gasteiger partial charge is 0.240 e. The molecule has 18 heavy (non-hydrogen) atoms. The first kappa shape index (κ1) is 15.4. The number of hydrogen-bond donors (Lipinski definition) is 2. The zero-order valence-electron chi connectivity index (χ0n) is 9.97. The molecule has 0 aromatic carbocycles. The van der Waals surface area contributed by atoms with E-state index in [1.807, 2.05) is 0 Å². The lowest BCUT2D eigenvalue weighted by atomic mass is 10.2. The van der Waals surface area contributed by atoms with Crippen LogP contribution in [-0.2, 0) is 10.0 Å². The Morgan fingerprint density at radius 1 is 1.28 bits per heavy atom. The van der Waals surface area contributed by atoms with Gasteiger partial charge in [-0.25, -0.2) is 18.1 Å². The summed E-state index contributed by atoms with van der Waals surface area (Å²) < 4.78 is 26.2. The van der Waals surface area contributed by atoms with Gasteiger partial charge in [0.05, 0.1) is 4.90 Å². The third-order valence-electron chi connectivity index (χ3n) is 2.39. The molecular weight excluding hydrogens is 276 g/mol. The van der Waals surface area contributed by atoms with E-state index in [0.29, 0.717) is 6.54 Å². The molecule has 5 nitrogen and oxygen atoms in total. The third kappa shape index (κ3) is 5.30. The Balaban J connectivity index is 2.41. The molecule has 0 atom stereocenters. The van der Waals surface area contributed by atoms with Crippen molar-refractivity contribution in [1.82, 2.24) is 9.71 Å². The van der Waals surface area contributed by atoms with Crippen LogP contribution in [0.5, 0.6) is 0 Å². The fraction of sp³-hybridized carbons (Fsp3) is 0.545. The largest absolute Gasteiger partial charge is 0.396 e. The Labute approximate surface area is 112 Å². The van der Waals surface area contributed by atoms with Gasteiger partial charge in [0.1, 0.15) is 5.15 Å². The molecule has 0 aliphatic heterocycles. The summed E-state index contributed by atoms with van der Waals surface area (Å²) in [5, 5.41) is 8.75. The predicted octanol–water partition coefficient (Wildman–Crippen LogP) is 1.57. The van der Waals surface area contributed by atoms with Gasteiger partial charge in [0.25, 0.3) is 0 Å². The number of unbranched alkanes of at least 4 members (excludes halogenated alkanes) is 3. The van der Waals surface area contributed by atoms with Gasteiger partial charge in [-0.2, -0.15) is 0 Å². The summed E-state index contributed by atoms with van der Waals surface area (Å²) in [6.45, 7) is 0.564. The van der Waals surface area contributed by atoms with E-state index >= 15 is 0 Å². The van der Waals surface area contributed by atoms with Crippen LogP contribution in [-0.4, -0.2) is 31.7 Å². The van der Waals surface area contributed by atoms with Crippen LogP contribution in [0.15, 0.2) is 23.2 Å². The highest BCUT2D eigenvalue weighted by Gasteiger charge is 2.13. The summed E-state index contributed by atoms with van der Waals surface area (Å²) in [4.78, 5) is 3.86. The van der Waals surface area contributed by atoms with Crippen LogP contribution in [0.25, 0.3) is 0 Å². The normalized spacial score (nSPS) is 11.7. The molecule has 1 rings (SSSR count). The SMILES string of the molecule is O=S(=O)(NCCCCCCO)c1ccnc(Cl)c1. The molecule has 1 heterocycles. The Hall–Kier alpha value is -0.690. The minimum Gasteiger partial charge on any atom is -0.396 e. The monoisotopic (exact) mass is 292 g/mol. The van der Waals surface area contributed by atoms with Crippen molar-refractivity contribution in [3.8, 4) is 0 Å². The summed E-state index contributed by atoms with van der Waals surface area (Å²) in [5.74, 6) is 0. The van der Waals surface area contributed by atoms with Gasteiger partial charge >= 0.3 is 0 Å². The number of rotatable bonds is 8. The van der Waals surface area contributed by atoms with Gasteiger partial charge in [0.15, 0.2) is 0 Å². The standard InChI is InChI=1S/C11H17ClN2O3S/c12-11-9-10(5-7-13-11)18(16,17)14-6-3-1-2-4-8-15/h5,7,9,14-15H,1-4,6,8H2. The first-order valence-corrected chi connectivity index (χ1v) is 7.64. The average molecular weight is 293 g/mol. The van der Waals surface area contributed by atoms with Crippen molar-refractivity contribution in [1.29, 1.82) is 0 Å². The molecule has 2 N–H and O–H groups in total. The van der Waals surface area contributed by atoms with Crippen molar-refractivity contribution in [2.45, 2.75) is 30.6 Å². The van der Waals surface area contributed by atoms with Crippen molar-refractivity contribution in [3.05, 3.63) is 23.5 Å². The summed E-state index contributed by atoms with van der Waals surface area (Å²) in [5.41, 5.74) is 0. The van der Waals surface area contributed by atoms with Crippen molar-refractivity contribution in [2.75, 3.05) is 13.2 Å². The van der Waals surface area contributed by atoms with Crippen LogP contribution in [0.2, 0.25) is 5.15 Å². The lowest BCUT2D eigenvalue weighted by molar-refractivity contribution is 0.282. The molecule has 0 saturated carbocycles. The zero-order valence-corrected chi connectivity index (χ0v) is 11.5. The molecule has 102 valence electrons. The average Bonchev–Trinajstić information content (AvgIpc) is 2.33. The van der Waals surface area contributed by atoms with Gasteiger partial charge in [0, 0.05) is 19.3 Å². The molecular formula is C11H17ClN2O3S. The Morgan fingerprint density at radius 2 is 2.00 bits per heavy atom. The first-order valence-electron chi connectivity index (χ1n) is 5.78. The molecule has 7 heteroatoms. The molecule has 0 radical (unpaired) electrons. The van der Waals surface area contributed by atoms with E-state index in [4.69, 9.17) is 16.7 Å². The first-order chi connectivity index (χ1) is 8.56. The highest BCUT2D eigenvalue weighted by molar-refractivity contribution is 7.89. The number of pyridine rings is 1. The van der Waals surface area contributed by atoms with Gasteiger partial charge in [-0.05, 0) is 25.0 Å². The van der Waals surface area contributed by atoms with Gasteiger partial charge in [0.2, 0.25) is 10.0 Å². The number of aliphatic hydroxyl groups excluding tert-OH is 1. The van der Waals surface area contributed by atoms with Gasteiger partial charge in [-0.1, -0.05) is 24.4 Å². The maximum atomic E-state index is 11.8. The summed E-state index contributed by atoms with van der Waals surface area (Å²) in [7, 11) is -3.50. The van der Waals surface area contributed by atoms with Crippen LogP contribution in [0, 0.1) is 0 Å². The molecule has 0 aliphatic carbocycles. The van der Waals surface area contributed by atoms with Crippen LogP contribution >= 0.6 is 11.6 Å². The number of nitrogens with one attached hydrogen (secondary N) is 1. The molecule has 0 spiro atoms. The van der Waals surface area contributed by atoms with Crippen LogP contribution < -0.4 is 4.72 Å². The van der Waals surface area contributed by atoms with Gasteiger partial charge in [-0.3, -0.25) is 0 Å². The number of hydrogen-bond acceptors (Lipinski definition) is 4. The Morgan fingerprint density at radius 3 is 2.67 bits per heavy atom. The minimum absolute atomic E-state index is 0.123. The van der Waals surface area contributed by atoms with Crippen LogP contribution in [0.3, 0.4) is 0 Å². The Kier molecular flexibility index (Phi) is 6.56. The fourth-order valence-corrected chi connectivity index (χ4v) is 2.76.